The van der Waals surface area contributed by atoms with Crippen LogP contribution in [0, 0.1) is 6.92 Å². The molecule has 1 aromatic carbocycles. The van der Waals surface area contributed by atoms with E-state index < -0.39 is 17.9 Å². The van der Waals surface area contributed by atoms with Gasteiger partial charge in [-0.3, -0.25) is 0 Å². The highest BCUT2D eigenvalue weighted by Gasteiger charge is 2.37. The highest BCUT2D eigenvalue weighted by molar-refractivity contribution is 5.98. The standard InChI is InChI=1S/C15H16N2O4/c1-7-5-3-4-6-9(7)11-10(14(18)19)8(2)17-13(16)12(11)15(20)21/h3-6,11,17H,16H2,1-2H3,(H,18,19)(H,20,21). The van der Waals surface area contributed by atoms with E-state index in [9.17, 15) is 19.8 Å². The predicted octanol–water partition coefficient (Wildman–Crippen LogP) is 1.30. The number of aliphatic carboxylic acids is 2. The number of allylic oxidation sites excluding steroid dienone is 1. The molecule has 0 saturated heterocycles. The average molecular weight is 288 g/mol. The quantitative estimate of drug-likeness (QED) is 0.666. The third kappa shape index (κ3) is 2.47. The maximum absolute atomic E-state index is 11.6. The van der Waals surface area contributed by atoms with E-state index in [4.69, 9.17) is 5.73 Å². The van der Waals surface area contributed by atoms with Crippen LogP contribution >= 0.6 is 0 Å². The molecule has 1 unspecified atom stereocenters. The lowest BCUT2D eigenvalue weighted by Crippen LogP contribution is -2.35. The van der Waals surface area contributed by atoms with Gasteiger partial charge in [0.25, 0.3) is 0 Å². The molecule has 0 saturated carbocycles. The molecule has 1 aliphatic heterocycles. The monoisotopic (exact) mass is 288 g/mol. The van der Waals surface area contributed by atoms with Gasteiger partial charge < -0.3 is 21.3 Å². The van der Waals surface area contributed by atoms with Crippen LogP contribution in [0.2, 0.25) is 0 Å². The van der Waals surface area contributed by atoms with Gasteiger partial charge in [-0.05, 0) is 25.0 Å². The van der Waals surface area contributed by atoms with Gasteiger partial charge in [-0.2, -0.15) is 0 Å². The Morgan fingerprint density at radius 2 is 1.67 bits per heavy atom. The van der Waals surface area contributed by atoms with Crippen molar-refractivity contribution < 1.29 is 19.8 Å². The largest absolute Gasteiger partial charge is 0.478 e. The lowest BCUT2D eigenvalue weighted by atomic mass is 9.80. The van der Waals surface area contributed by atoms with Crippen LogP contribution in [-0.4, -0.2) is 22.2 Å². The van der Waals surface area contributed by atoms with Crippen LogP contribution < -0.4 is 11.1 Å². The van der Waals surface area contributed by atoms with Crippen LogP contribution in [0.25, 0.3) is 0 Å². The number of aryl methyl sites for hydroxylation is 1. The zero-order chi connectivity index (χ0) is 15.7. The zero-order valence-electron chi connectivity index (χ0n) is 11.7. The van der Waals surface area contributed by atoms with Crippen LogP contribution in [0.3, 0.4) is 0 Å². The lowest BCUT2D eigenvalue weighted by Gasteiger charge is -2.29. The minimum Gasteiger partial charge on any atom is -0.478 e. The van der Waals surface area contributed by atoms with Gasteiger partial charge in [-0.25, -0.2) is 9.59 Å². The van der Waals surface area contributed by atoms with E-state index in [2.05, 4.69) is 5.32 Å². The van der Waals surface area contributed by atoms with Crippen molar-refractivity contribution in [3.05, 3.63) is 58.1 Å². The number of carbonyl (C=O) groups is 2. The minimum absolute atomic E-state index is 0.00380. The molecule has 0 spiro atoms. The number of dihydropyridines is 1. The molecule has 5 N–H and O–H groups in total. The van der Waals surface area contributed by atoms with E-state index in [0.29, 0.717) is 11.3 Å². The highest BCUT2D eigenvalue weighted by atomic mass is 16.4. The third-order valence-corrected chi connectivity index (χ3v) is 3.55. The molecule has 0 fully saturated rings. The van der Waals surface area contributed by atoms with Gasteiger partial charge >= 0.3 is 11.9 Å². The Balaban J connectivity index is 2.74. The third-order valence-electron chi connectivity index (χ3n) is 3.55. The van der Waals surface area contributed by atoms with Crippen molar-refractivity contribution in [2.75, 3.05) is 0 Å². The molecular formula is C15H16N2O4. The molecule has 21 heavy (non-hydrogen) atoms. The van der Waals surface area contributed by atoms with Crippen molar-refractivity contribution >= 4 is 11.9 Å². The summed E-state index contributed by atoms with van der Waals surface area (Å²) in [5.74, 6) is -3.33. The topological polar surface area (TPSA) is 113 Å². The van der Waals surface area contributed by atoms with Crippen LogP contribution in [-0.2, 0) is 9.59 Å². The number of nitrogens with two attached hydrogens (primary N) is 1. The Kier molecular flexibility index (Phi) is 3.71. The fourth-order valence-electron chi connectivity index (χ4n) is 2.60. The molecule has 1 aliphatic rings. The van der Waals surface area contributed by atoms with Crippen LogP contribution in [0.15, 0.2) is 46.9 Å². The van der Waals surface area contributed by atoms with Crippen molar-refractivity contribution in [3.63, 3.8) is 0 Å². The Morgan fingerprint density at radius 3 is 2.19 bits per heavy atom. The van der Waals surface area contributed by atoms with E-state index in [1.165, 1.54) is 0 Å². The van der Waals surface area contributed by atoms with Gasteiger partial charge in [-0.1, -0.05) is 24.3 Å². The number of rotatable bonds is 3. The van der Waals surface area contributed by atoms with Gasteiger partial charge in [-0.15, -0.1) is 0 Å². The van der Waals surface area contributed by atoms with Gasteiger partial charge in [0.2, 0.25) is 0 Å². The van der Waals surface area contributed by atoms with Crippen LogP contribution in [0.4, 0.5) is 0 Å². The van der Waals surface area contributed by atoms with Gasteiger partial charge in [0.05, 0.1) is 17.1 Å². The fraction of sp³-hybridized carbons (Fsp3) is 0.200. The Labute approximate surface area is 121 Å². The summed E-state index contributed by atoms with van der Waals surface area (Å²) in [5, 5.41) is 21.5. The number of hydrogen-bond donors (Lipinski definition) is 4. The highest BCUT2D eigenvalue weighted by Crippen LogP contribution is 2.38. The Hall–Kier alpha value is -2.76. The second-order valence-electron chi connectivity index (χ2n) is 4.89. The summed E-state index contributed by atoms with van der Waals surface area (Å²) in [6, 6.07) is 7.08. The van der Waals surface area contributed by atoms with E-state index in [0.717, 1.165) is 5.56 Å². The molecule has 6 heteroatoms. The molecule has 0 radical (unpaired) electrons. The number of carboxylic acid groups (broad SMARTS) is 2. The molecule has 1 aromatic rings. The lowest BCUT2D eigenvalue weighted by molar-refractivity contribution is -0.133. The van der Waals surface area contributed by atoms with Crippen molar-refractivity contribution in [1.82, 2.24) is 5.32 Å². The summed E-state index contributed by atoms with van der Waals surface area (Å²) in [5.41, 5.74) is 7.40. The van der Waals surface area contributed by atoms with Gasteiger partial charge in [0, 0.05) is 5.70 Å². The molecule has 110 valence electrons. The number of nitrogens with one attached hydrogen (secondary N) is 1. The van der Waals surface area contributed by atoms with Crippen molar-refractivity contribution in [1.29, 1.82) is 0 Å². The smallest absolute Gasteiger partial charge is 0.336 e. The number of carboxylic acids is 2. The maximum Gasteiger partial charge on any atom is 0.336 e. The normalized spacial score (nSPS) is 18.5. The first kappa shape index (κ1) is 14.6. The molecule has 2 rings (SSSR count). The molecule has 0 aliphatic carbocycles. The van der Waals surface area contributed by atoms with Gasteiger partial charge in [0.15, 0.2) is 0 Å². The van der Waals surface area contributed by atoms with Gasteiger partial charge in [0.1, 0.15) is 5.82 Å². The summed E-state index contributed by atoms with van der Waals surface area (Å²) in [6.45, 7) is 3.38. The summed E-state index contributed by atoms with van der Waals surface area (Å²) >= 11 is 0. The average Bonchev–Trinajstić information content (AvgIpc) is 2.37. The van der Waals surface area contributed by atoms with Crippen LogP contribution in [0.1, 0.15) is 24.0 Å². The Bertz CT molecular complexity index is 653. The second kappa shape index (κ2) is 5.32. The minimum atomic E-state index is -1.24. The van der Waals surface area contributed by atoms with Crippen LogP contribution in [0.5, 0.6) is 0 Å². The number of benzene rings is 1. The summed E-state index contributed by atoms with van der Waals surface area (Å²) in [7, 11) is 0. The van der Waals surface area contributed by atoms with E-state index in [-0.39, 0.29) is 17.0 Å². The first-order valence-electron chi connectivity index (χ1n) is 6.34. The first-order valence-corrected chi connectivity index (χ1v) is 6.34. The van der Waals surface area contributed by atoms with E-state index in [1.807, 2.05) is 19.1 Å². The predicted molar refractivity (Wildman–Crippen MR) is 76.2 cm³/mol. The zero-order valence-corrected chi connectivity index (χ0v) is 11.7. The van der Waals surface area contributed by atoms with E-state index >= 15 is 0 Å². The fourth-order valence-corrected chi connectivity index (χ4v) is 2.60. The SMILES string of the molecule is CC1=C(C(=O)O)C(c2ccccc2C)C(C(=O)O)=C(N)N1. The van der Waals surface area contributed by atoms with Crippen molar-refractivity contribution in [2.24, 2.45) is 5.73 Å². The molecule has 1 heterocycles. The summed E-state index contributed by atoms with van der Waals surface area (Å²) < 4.78 is 0. The molecule has 0 amide bonds. The molecular weight excluding hydrogens is 272 g/mol. The number of hydrogen-bond acceptors (Lipinski definition) is 4. The summed E-state index contributed by atoms with van der Waals surface area (Å²) in [6.07, 6.45) is 0. The summed E-state index contributed by atoms with van der Waals surface area (Å²) in [4.78, 5) is 23.1. The second-order valence-corrected chi connectivity index (χ2v) is 4.89. The molecule has 0 bridgehead atoms. The molecule has 6 nitrogen and oxygen atoms in total. The van der Waals surface area contributed by atoms with Crippen molar-refractivity contribution in [2.45, 2.75) is 19.8 Å². The first-order chi connectivity index (χ1) is 9.84. The molecule has 1 atom stereocenters. The molecule has 0 aromatic heterocycles. The van der Waals surface area contributed by atoms with Crippen molar-refractivity contribution in [3.8, 4) is 0 Å². The Morgan fingerprint density at radius 1 is 1.10 bits per heavy atom. The van der Waals surface area contributed by atoms with E-state index in [1.54, 1.807) is 19.1 Å². The maximum atomic E-state index is 11.6.